The molecule has 2 aliphatic rings. The van der Waals surface area contributed by atoms with Gasteiger partial charge in [0.2, 0.25) is 5.91 Å². The number of piperidine rings is 1. The van der Waals surface area contributed by atoms with Crippen LogP contribution in [0.4, 0.5) is 0 Å². The summed E-state index contributed by atoms with van der Waals surface area (Å²) in [6.07, 6.45) is 5.72. The Kier molecular flexibility index (Phi) is 3.85. The van der Waals surface area contributed by atoms with E-state index in [0.29, 0.717) is 18.5 Å². The average molecular weight is 224 g/mol. The van der Waals surface area contributed by atoms with Gasteiger partial charge in [0.25, 0.3) is 0 Å². The Morgan fingerprint density at radius 1 is 1.25 bits per heavy atom. The van der Waals surface area contributed by atoms with Crippen LogP contribution in [0, 0.1) is 11.8 Å². The molecule has 0 radical (unpaired) electrons. The molecular weight excluding hydrogens is 200 g/mol. The fourth-order valence-electron chi connectivity index (χ4n) is 3.00. The zero-order valence-electron chi connectivity index (χ0n) is 10.5. The van der Waals surface area contributed by atoms with E-state index in [9.17, 15) is 4.79 Å². The zero-order chi connectivity index (χ0) is 11.5. The topological polar surface area (TPSA) is 41.1 Å². The maximum absolute atomic E-state index is 11.1. The van der Waals surface area contributed by atoms with Gasteiger partial charge < -0.3 is 10.6 Å². The van der Waals surface area contributed by atoms with E-state index in [2.05, 4.69) is 24.5 Å². The molecule has 0 aromatic carbocycles. The van der Waals surface area contributed by atoms with Crippen molar-refractivity contribution in [1.29, 1.82) is 0 Å². The van der Waals surface area contributed by atoms with E-state index in [1.54, 1.807) is 0 Å². The summed E-state index contributed by atoms with van der Waals surface area (Å²) in [6.45, 7) is 5.54. The quantitative estimate of drug-likeness (QED) is 0.749. The molecule has 2 rings (SSSR count). The Hall–Kier alpha value is -0.570. The van der Waals surface area contributed by atoms with Crippen molar-refractivity contribution >= 4 is 5.91 Å². The summed E-state index contributed by atoms with van der Waals surface area (Å²) in [6, 6.07) is 1.15. The Labute approximate surface area is 98.4 Å². The van der Waals surface area contributed by atoms with Crippen LogP contribution in [0.5, 0.6) is 0 Å². The van der Waals surface area contributed by atoms with Crippen molar-refractivity contribution in [3.05, 3.63) is 0 Å². The van der Waals surface area contributed by atoms with E-state index in [1.165, 1.54) is 19.3 Å². The first-order chi connectivity index (χ1) is 7.66. The number of carbonyl (C=O) groups is 1. The highest BCUT2D eigenvalue weighted by Crippen LogP contribution is 2.30. The van der Waals surface area contributed by atoms with E-state index in [4.69, 9.17) is 0 Å². The number of amides is 1. The summed E-state index contributed by atoms with van der Waals surface area (Å²) in [5.41, 5.74) is 0. The highest BCUT2D eigenvalue weighted by Gasteiger charge is 2.29. The zero-order valence-corrected chi connectivity index (χ0v) is 10.5. The van der Waals surface area contributed by atoms with Crippen LogP contribution in [-0.2, 0) is 4.79 Å². The molecule has 92 valence electrons. The first-order valence-corrected chi connectivity index (χ1v) is 6.69. The summed E-state index contributed by atoms with van der Waals surface area (Å²) in [5.74, 6) is 1.82. The summed E-state index contributed by atoms with van der Waals surface area (Å²) in [5, 5.41) is 6.69. The second-order valence-corrected chi connectivity index (χ2v) is 5.58. The maximum atomic E-state index is 11.1. The SMILES string of the molecule is CC1CCCC(NC2CCC(=O)NC2)C1C. The number of nitrogens with one attached hydrogen (secondary N) is 2. The van der Waals surface area contributed by atoms with Crippen molar-refractivity contribution in [3.8, 4) is 0 Å². The Balaban J connectivity index is 1.82. The van der Waals surface area contributed by atoms with E-state index in [0.717, 1.165) is 24.8 Å². The Morgan fingerprint density at radius 2 is 2.06 bits per heavy atom. The minimum absolute atomic E-state index is 0.211. The van der Waals surface area contributed by atoms with E-state index in [-0.39, 0.29) is 5.91 Å². The van der Waals surface area contributed by atoms with Gasteiger partial charge >= 0.3 is 0 Å². The molecule has 1 saturated heterocycles. The maximum Gasteiger partial charge on any atom is 0.220 e. The lowest BCUT2D eigenvalue weighted by Crippen LogP contribution is -2.52. The van der Waals surface area contributed by atoms with E-state index < -0.39 is 0 Å². The van der Waals surface area contributed by atoms with Gasteiger partial charge in [-0.2, -0.15) is 0 Å². The molecule has 4 atom stereocenters. The molecule has 0 bridgehead atoms. The molecule has 1 heterocycles. The van der Waals surface area contributed by atoms with Crippen molar-refractivity contribution in [2.75, 3.05) is 6.54 Å². The van der Waals surface area contributed by atoms with Gasteiger partial charge in [-0.1, -0.05) is 26.7 Å². The molecule has 1 aliphatic heterocycles. The predicted molar refractivity (Wildman–Crippen MR) is 65.1 cm³/mol. The van der Waals surface area contributed by atoms with Crippen LogP contribution in [0.2, 0.25) is 0 Å². The molecule has 0 aromatic rings. The molecule has 2 N–H and O–H groups in total. The third kappa shape index (κ3) is 2.76. The lowest BCUT2D eigenvalue weighted by molar-refractivity contribution is -0.122. The summed E-state index contributed by atoms with van der Waals surface area (Å²) < 4.78 is 0. The molecule has 3 heteroatoms. The van der Waals surface area contributed by atoms with Gasteiger partial charge in [0, 0.05) is 25.0 Å². The fourth-order valence-corrected chi connectivity index (χ4v) is 3.00. The fraction of sp³-hybridized carbons (Fsp3) is 0.923. The molecule has 1 saturated carbocycles. The van der Waals surface area contributed by atoms with E-state index in [1.807, 2.05) is 0 Å². The van der Waals surface area contributed by atoms with Crippen molar-refractivity contribution in [3.63, 3.8) is 0 Å². The van der Waals surface area contributed by atoms with Crippen LogP contribution in [0.3, 0.4) is 0 Å². The minimum Gasteiger partial charge on any atom is -0.355 e. The standard InChI is InChI=1S/C13H24N2O/c1-9-4-3-5-12(10(9)2)15-11-6-7-13(16)14-8-11/h9-12,15H,3-8H2,1-2H3,(H,14,16). The van der Waals surface area contributed by atoms with Gasteiger partial charge in [-0.3, -0.25) is 4.79 Å². The molecule has 0 aromatic heterocycles. The second kappa shape index (κ2) is 5.17. The average Bonchev–Trinajstić information content (AvgIpc) is 2.28. The van der Waals surface area contributed by atoms with Crippen LogP contribution in [0.1, 0.15) is 46.0 Å². The van der Waals surface area contributed by atoms with Gasteiger partial charge in [0.05, 0.1) is 0 Å². The Morgan fingerprint density at radius 3 is 2.75 bits per heavy atom. The monoisotopic (exact) mass is 224 g/mol. The summed E-state index contributed by atoms with van der Waals surface area (Å²) in [4.78, 5) is 11.1. The van der Waals surface area contributed by atoms with Gasteiger partial charge in [0.15, 0.2) is 0 Å². The molecule has 1 amide bonds. The lowest BCUT2D eigenvalue weighted by Gasteiger charge is -2.38. The number of hydrogen-bond acceptors (Lipinski definition) is 2. The normalized spacial score (nSPS) is 40.5. The molecule has 1 aliphatic carbocycles. The van der Waals surface area contributed by atoms with Crippen LogP contribution in [-0.4, -0.2) is 24.5 Å². The largest absolute Gasteiger partial charge is 0.355 e. The highest BCUT2D eigenvalue weighted by atomic mass is 16.1. The smallest absolute Gasteiger partial charge is 0.220 e. The molecule has 2 fully saturated rings. The van der Waals surface area contributed by atoms with Crippen molar-refractivity contribution in [2.45, 2.75) is 58.0 Å². The van der Waals surface area contributed by atoms with Gasteiger partial charge in [-0.15, -0.1) is 0 Å². The van der Waals surface area contributed by atoms with Crippen molar-refractivity contribution in [2.24, 2.45) is 11.8 Å². The molecular formula is C13H24N2O. The van der Waals surface area contributed by atoms with Crippen LogP contribution < -0.4 is 10.6 Å². The van der Waals surface area contributed by atoms with Gasteiger partial charge in [-0.05, 0) is 24.7 Å². The lowest BCUT2D eigenvalue weighted by atomic mass is 9.77. The third-order valence-electron chi connectivity index (χ3n) is 4.42. The second-order valence-electron chi connectivity index (χ2n) is 5.58. The van der Waals surface area contributed by atoms with Gasteiger partial charge in [0.1, 0.15) is 0 Å². The van der Waals surface area contributed by atoms with Crippen LogP contribution >= 0.6 is 0 Å². The molecule has 16 heavy (non-hydrogen) atoms. The summed E-state index contributed by atoms with van der Waals surface area (Å²) >= 11 is 0. The highest BCUT2D eigenvalue weighted by molar-refractivity contribution is 5.76. The molecule has 0 spiro atoms. The first-order valence-electron chi connectivity index (χ1n) is 6.69. The van der Waals surface area contributed by atoms with Crippen LogP contribution in [0.25, 0.3) is 0 Å². The Bertz CT molecular complexity index is 244. The van der Waals surface area contributed by atoms with Crippen molar-refractivity contribution < 1.29 is 4.79 Å². The third-order valence-corrected chi connectivity index (χ3v) is 4.42. The minimum atomic E-state index is 0.211. The summed E-state index contributed by atoms with van der Waals surface area (Å²) in [7, 11) is 0. The number of rotatable bonds is 2. The van der Waals surface area contributed by atoms with E-state index >= 15 is 0 Å². The van der Waals surface area contributed by atoms with Gasteiger partial charge in [-0.25, -0.2) is 0 Å². The van der Waals surface area contributed by atoms with Crippen molar-refractivity contribution in [1.82, 2.24) is 10.6 Å². The van der Waals surface area contributed by atoms with Crippen LogP contribution in [0.15, 0.2) is 0 Å². The molecule has 4 unspecified atom stereocenters. The first kappa shape index (κ1) is 11.9. The predicted octanol–water partition coefficient (Wildman–Crippen LogP) is 1.68. The molecule has 3 nitrogen and oxygen atoms in total. The number of carbonyl (C=O) groups excluding carboxylic acids is 1. The number of hydrogen-bond donors (Lipinski definition) is 2.